The van der Waals surface area contributed by atoms with E-state index in [0.29, 0.717) is 23.0 Å². The second-order valence-electron chi connectivity index (χ2n) is 7.94. The van der Waals surface area contributed by atoms with Gasteiger partial charge in [-0.2, -0.15) is 0 Å². The summed E-state index contributed by atoms with van der Waals surface area (Å²) in [5.74, 6) is 4.00. The van der Waals surface area contributed by atoms with E-state index >= 15 is 0 Å². The van der Waals surface area contributed by atoms with Crippen molar-refractivity contribution in [3.8, 4) is 0 Å². The Labute approximate surface area is 121 Å². The fourth-order valence-corrected chi connectivity index (χ4v) is 6.74. The monoisotopic (exact) mass is 286 g/mol. The summed E-state index contributed by atoms with van der Waals surface area (Å²) in [4.78, 5) is 0. The van der Waals surface area contributed by atoms with Crippen LogP contribution < -0.4 is 10.6 Å². The summed E-state index contributed by atoms with van der Waals surface area (Å²) in [7, 11) is 2.34. The topological polar surface area (TPSA) is 27.1 Å². The Hall–Kier alpha value is -0.0600. The summed E-state index contributed by atoms with van der Waals surface area (Å²) in [5.41, 5.74) is 0.749. The van der Waals surface area contributed by atoms with Gasteiger partial charge in [0, 0.05) is 17.3 Å². The Morgan fingerprint density at radius 3 is 2.37 bits per heavy atom. The molecule has 1 fully saturated rings. The molecule has 3 atom stereocenters. The fourth-order valence-electron chi connectivity index (χ4n) is 3.38. The van der Waals surface area contributed by atoms with Gasteiger partial charge >= 0.3 is 0 Å². The number of hydrogen-bond donors (Lipinski definition) is 3. The average molecular weight is 287 g/mol. The van der Waals surface area contributed by atoms with Gasteiger partial charge in [0.1, 0.15) is 7.05 Å². The van der Waals surface area contributed by atoms with Crippen LogP contribution in [0.1, 0.15) is 34.6 Å². The van der Waals surface area contributed by atoms with Gasteiger partial charge in [0.2, 0.25) is 6.17 Å². The number of nitrogens with one attached hydrogen (secondary N) is 2. The van der Waals surface area contributed by atoms with E-state index in [1.807, 2.05) is 0 Å². The standard InChI is InChI=1S/C15H32N3S/c1-14(2,3)12-9-19(11-17-12)10-15(4,5)13-16-7-8-18(13)6/h8,12-13,16-17,19H,7,9-11H2,1-6H3/q+1. The zero-order chi connectivity index (χ0) is 14.3. The molecule has 3 nitrogen and oxygen atoms in total. The molecule has 0 aliphatic carbocycles. The maximum Gasteiger partial charge on any atom is 0.212 e. The van der Waals surface area contributed by atoms with Crippen molar-refractivity contribution in [1.29, 1.82) is 0 Å². The van der Waals surface area contributed by atoms with E-state index in [1.54, 1.807) is 0 Å². The molecule has 0 saturated carbocycles. The molecule has 0 spiro atoms. The van der Waals surface area contributed by atoms with Crippen molar-refractivity contribution in [2.45, 2.75) is 46.8 Å². The number of rotatable bonds is 3. The van der Waals surface area contributed by atoms with E-state index in [0.717, 1.165) is 6.54 Å². The van der Waals surface area contributed by atoms with E-state index in [-0.39, 0.29) is 10.9 Å². The van der Waals surface area contributed by atoms with Crippen molar-refractivity contribution in [2.75, 3.05) is 31.0 Å². The van der Waals surface area contributed by atoms with Gasteiger partial charge in [-0.05, 0) is 16.9 Å². The van der Waals surface area contributed by atoms with Crippen molar-refractivity contribution in [1.82, 2.24) is 10.6 Å². The molecule has 0 aromatic carbocycles. The Balaban J connectivity index is 1.93. The van der Waals surface area contributed by atoms with Crippen molar-refractivity contribution in [2.24, 2.45) is 10.8 Å². The Morgan fingerprint density at radius 1 is 1.21 bits per heavy atom. The molecule has 2 aliphatic heterocycles. The first-order valence-electron chi connectivity index (χ1n) is 7.44. The molecule has 19 heavy (non-hydrogen) atoms. The summed E-state index contributed by atoms with van der Waals surface area (Å²) in [6.07, 6.45) is 2.77. The van der Waals surface area contributed by atoms with Gasteiger partial charge in [-0.25, -0.2) is 20.8 Å². The van der Waals surface area contributed by atoms with Crippen molar-refractivity contribution >= 4 is 17.1 Å². The third-order valence-electron chi connectivity index (χ3n) is 4.52. The van der Waals surface area contributed by atoms with E-state index < -0.39 is 0 Å². The Morgan fingerprint density at radius 2 is 1.89 bits per heavy atom. The Bertz CT molecular complexity index is 357. The first-order valence-corrected chi connectivity index (χ1v) is 9.34. The lowest BCUT2D eigenvalue weighted by Crippen LogP contribution is -2.46. The minimum Gasteiger partial charge on any atom is -0.305 e. The second-order valence-corrected chi connectivity index (χ2v) is 10.3. The van der Waals surface area contributed by atoms with Crippen LogP contribution in [0, 0.1) is 10.8 Å². The maximum atomic E-state index is 3.76. The first kappa shape index (κ1) is 15.3. The van der Waals surface area contributed by atoms with Gasteiger partial charge in [-0.3, -0.25) is 0 Å². The van der Waals surface area contributed by atoms with Crippen LogP contribution in [0.15, 0.2) is 0 Å². The molecule has 0 radical (unpaired) electrons. The van der Waals surface area contributed by atoms with Gasteiger partial charge in [0.25, 0.3) is 0 Å². The third-order valence-corrected chi connectivity index (χ3v) is 7.29. The van der Waals surface area contributed by atoms with Crippen LogP contribution in [0.25, 0.3) is 0 Å². The van der Waals surface area contributed by atoms with E-state index in [9.17, 15) is 0 Å². The van der Waals surface area contributed by atoms with Crippen molar-refractivity contribution in [3.63, 3.8) is 0 Å². The minimum atomic E-state index is 0.136. The molecule has 2 aliphatic rings. The maximum absolute atomic E-state index is 3.76. The molecule has 3 unspecified atom stereocenters. The quantitative estimate of drug-likeness (QED) is 0.543. The molecule has 112 valence electrons. The lowest BCUT2D eigenvalue weighted by atomic mass is 9.88. The average Bonchev–Trinajstić information content (AvgIpc) is 2.85. The summed E-state index contributed by atoms with van der Waals surface area (Å²) >= 11 is 0. The summed E-state index contributed by atoms with van der Waals surface area (Å²) in [6, 6.07) is 0.704. The van der Waals surface area contributed by atoms with Gasteiger partial charge in [0.05, 0.1) is 6.54 Å². The molecule has 4 heteroatoms. The van der Waals surface area contributed by atoms with Crippen LogP contribution in [0.4, 0.5) is 0 Å². The molecule has 1 saturated heterocycles. The molecule has 2 heterocycles. The van der Waals surface area contributed by atoms with Crippen LogP contribution in [0.3, 0.4) is 0 Å². The van der Waals surface area contributed by atoms with Crippen LogP contribution in [-0.2, 0) is 0 Å². The van der Waals surface area contributed by atoms with Crippen LogP contribution >= 0.6 is 10.9 Å². The van der Waals surface area contributed by atoms with Crippen LogP contribution in [0.2, 0.25) is 0 Å². The number of thiol groups is 1. The predicted octanol–water partition coefficient (Wildman–Crippen LogP) is 1.63. The Kier molecular flexibility index (Phi) is 4.34. The highest BCUT2D eigenvalue weighted by Gasteiger charge is 2.41. The third kappa shape index (κ3) is 3.53. The zero-order valence-electron chi connectivity index (χ0n) is 13.5. The number of hydrogen-bond acceptors (Lipinski definition) is 2. The minimum absolute atomic E-state index is 0.136. The first-order chi connectivity index (χ1) is 8.70. The largest absolute Gasteiger partial charge is 0.305 e. The molecule has 0 aromatic rings. The van der Waals surface area contributed by atoms with Crippen molar-refractivity contribution in [3.05, 3.63) is 0 Å². The fraction of sp³-hybridized carbons (Fsp3) is 0.933. The molecule has 0 bridgehead atoms. The molecular formula is C15H32N3S+. The predicted molar refractivity (Wildman–Crippen MR) is 87.8 cm³/mol. The second kappa shape index (κ2) is 5.38. The highest BCUT2D eigenvalue weighted by atomic mass is 32.2. The molecule has 2 N–H and O–H groups in total. The molecular weight excluding hydrogens is 254 g/mol. The lowest BCUT2D eigenvalue weighted by Gasteiger charge is -2.33. The normalized spacial score (nSPS) is 34.6. The van der Waals surface area contributed by atoms with Gasteiger partial charge in [-0.1, -0.05) is 34.6 Å². The summed E-state index contributed by atoms with van der Waals surface area (Å²) < 4.78 is 2.36. The smallest absolute Gasteiger partial charge is 0.212 e. The molecule has 2 rings (SSSR count). The van der Waals surface area contributed by atoms with Crippen LogP contribution in [0.5, 0.6) is 0 Å². The van der Waals surface area contributed by atoms with E-state index in [4.69, 9.17) is 0 Å². The number of nitrogens with zero attached hydrogens (tertiary/aromatic N) is 1. The van der Waals surface area contributed by atoms with E-state index in [1.165, 1.54) is 17.4 Å². The molecule has 0 aromatic heterocycles. The summed E-state index contributed by atoms with van der Waals surface area (Å²) in [5, 5.41) is 7.38. The highest BCUT2D eigenvalue weighted by molar-refractivity contribution is 8.17. The summed E-state index contributed by atoms with van der Waals surface area (Å²) in [6.45, 7) is 12.9. The van der Waals surface area contributed by atoms with Gasteiger partial charge in [0.15, 0.2) is 6.21 Å². The van der Waals surface area contributed by atoms with Gasteiger partial charge in [-0.15, -0.1) is 0 Å². The lowest BCUT2D eigenvalue weighted by molar-refractivity contribution is -0.547. The van der Waals surface area contributed by atoms with E-state index in [2.05, 4.69) is 63.1 Å². The van der Waals surface area contributed by atoms with Gasteiger partial charge < -0.3 is 5.32 Å². The zero-order valence-corrected chi connectivity index (χ0v) is 14.3. The highest BCUT2D eigenvalue weighted by Crippen LogP contribution is 2.42. The van der Waals surface area contributed by atoms with Crippen LogP contribution in [-0.4, -0.2) is 54.0 Å². The SMILES string of the molecule is C[N+]1=CCNC1C(C)(C)C[SH]1CNC(C(C)(C)C)C1. The molecule has 0 amide bonds. The van der Waals surface area contributed by atoms with Crippen molar-refractivity contribution < 1.29 is 4.58 Å².